The number of aryl methyl sites for hydroxylation is 1. The molecule has 0 aliphatic heterocycles. The Morgan fingerprint density at radius 3 is 2.62 bits per heavy atom. The van der Waals surface area contributed by atoms with Crippen LogP contribution in [0.25, 0.3) is 0 Å². The number of ketones is 1. The minimum absolute atomic E-state index is 0.00616. The second-order valence-electron chi connectivity index (χ2n) is 8.04. The van der Waals surface area contributed by atoms with E-state index in [0.29, 0.717) is 11.3 Å². The lowest BCUT2D eigenvalue weighted by atomic mass is 9.85. The minimum atomic E-state index is -2.70. The second kappa shape index (κ2) is 6.29. The summed E-state index contributed by atoms with van der Waals surface area (Å²) < 4.78 is 42.8. The normalized spacial score (nSPS) is 18.4. The van der Waals surface area contributed by atoms with E-state index in [4.69, 9.17) is 0 Å². The maximum Gasteiger partial charge on any atom is 0.266 e. The van der Waals surface area contributed by atoms with Gasteiger partial charge in [0, 0.05) is 36.5 Å². The lowest BCUT2D eigenvalue weighted by Gasteiger charge is -2.20. The van der Waals surface area contributed by atoms with E-state index >= 15 is 0 Å². The molecule has 26 heavy (non-hydrogen) atoms. The summed E-state index contributed by atoms with van der Waals surface area (Å²) in [5, 5.41) is 0. The van der Waals surface area contributed by atoms with Gasteiger partial charge in [0.15, 0.2) is 5.78 Å². The van der Waals surface area contributed by atoms with Crippen LogP contribution < -0.4 is 0 Å². The maximum atomic E-state index is 14.4. The van der Waals surface area contributed by atoms with Crippen LogP contribution in [0.3, 0.4) is 0 Å². The van der Waals surface area contributed by atoms with Gasteiger partial charge in [-0.2, -0.15) is 0 Å². The van der Waals surface area contributed by atoms with Crippen molar-refractivity contribution in [1.82, 2.24) is 4.57 Å². The van der Waals surface area contributed by atoms with E-state index in [0.717, 1.165) is 17.5 Å². The summed E-state index contributed by atoms with van der Waals surface area (Å²) in [6, 6.07) is 3.02. The van der Waals surface area contributed by atoms with Crippen LogP contribution in [0.5, 0.6) is 0 Å². The van der Waals surface area contributed by atoms with Crippen LogP contribution in [0.4, 0.5) is 13.2 Å². The molecule has 1 aromatic carbocycles. The Bertz CT molecular complexity index is 880. The van der Waals surface area contributed by atoms with Gasteiger partial charge in [-0.05, 0) is 47.4 Å². The van der Waals surface area contributed by atoms with Crippen LogP contribution in [0.2, 0.25) is 0 Å². The Hall–Kier alpha value is -2.04. The van der Waals surface area contributed by atoms with Gasteiger partial charge in [0.05, 0.1) is 0 Å². The molecular weight excluding hydrogens is 339 g/mol. The number of carbonyl (C=O) groups excluding carboxylic acids is 1. The number of rotatable bonds is 4. The van der Waals surface area contributed by atoms with E-state index in [2.05, 4.69) is 0 Å². The van der Waals surface area contributed by atoms with Gasteiger partial charge in [-0.3, -0.25) is 4.79 Å². The van der Waals surface area contributed by atoms with Crippen LogP contribution in [0, 0.1) is 12.7 Å². The van der Waals surface area contributed by atoms with Gasteiger partial charge in [0.25, 0.3) is 6.43 Å². The Kier molecular flexibility index (Phi) is 4.53. The van der Waals surface area contributed by atoms with Crippen LogP contribution in [0.15, 0.2) is 18.3 Å². The first-order valence-corrected chi connectivity index (χ1v) is 8.83. The number of aromatic nitrogens is 1. The molecule has 2 nitrogen and oxygen atoms in total. The first-order chi connectivity index (χ1) is 12.0. The van der Waals surface area contributed by atoms with E-state index in [1.807, 2.05) is 20.8 Å². The lowest BCUT2D eigenvalue weighted by molar-refractivity contribution is 0.0979. The van der Waals surface area contributed by atoms with Crippen LogP contribution in [-0.4, -0.2) is 10.4 Å². The number of nitrogens with zero attached hydrogens (tertiary/aromatic N) is 1. The van der Waals surface area contributed by atoms with Gasteiger partial charge in [-0.25, -0.2) is 13.2 Å². The zero-order valence-electron chi connectivity index (χ0n) is 15.8. The zero-order chi connectivity index (χ0) is 19.4. The Balaban J connectivity index is 2.03. The van der Waals surface area contributed by atoms with Gasteiger partial charge in [0.1, 0.15) is 5.82 Å². The number of hydrogen-bond acceptors (Lipinski definition) is 1. The Morgan fingerprint density at radius 2 is 2.00 bits per heavy atom. The third kappa shape index (κ3) is 2.87. The molecule has 2 aromatic rings. The largest absolute Gasteiger partial charge is 0.353 e. The first kappa shape index (κ1) is 18.7. The fraction of sp³-hybridized carbons (Fsp3) is 0.476. The standard InChI is InChI=1S/C21H24F3NO/c1-11-9-21(3,4)19-15(22)7-6-13(17(11)19)8-16(26)14-10-25(5)12(2)18(14)20(23)24/h6-7,10-11,20H,8-9H2,1-5H3. The van der Waals surface area contributed by atoms with Crippen LogP contribution >= 0.6 is 0 Å². The highest BCUT2D eigenvalue weighted by Gasteiger charge is 2.39. The summed E-state index contributed by atoms with van der Waals surface area (Å²) in [6.07, 6.45) is -0.424. The molecule has 0 radical (unpaired) electrons. The monoisotopic (exact) mass is 363 g/mol. The van der Waals surface area contributed by atoms with Gasteiger partial charge >= 0.3 is 0 Å². The highest BCUT2D eigenvalue weighted by molar-refractivity contribution is 5.99. The first-order valence-electron chi connectivity index (χ1n) is 8.83. The SMILES string of the molecule is Cc1c(C(F)F)c(C(=O)Cc2ccc(F)c3c2C(C)CC3(C)C)cn1C. The molecule has 1 aliphatic carbocycles. The topological polar surface area (TPSA) is 22.0 Å². The molecule has 140 valence electrons. The van der Waals surface area contributed by atoms with Crippen molar-refractivity contribution in [1.29, 1.82) is 0 Å². The number of Topliss-reactive ketones (excluding diaryl/α,β-unsaturated/α-hetero) is 1. The van der Waals surface area contributed by atoms with Gasteiger partial charge in [-0.15, -0.1) is 0 Å². The molecule has 5 heteroatoms. The summed E-state index contributed by atoms with van der Waals surface area (Å²) in [5.41, 5.74) is 2.22. The predicted octanol–water partition coefficient (Wildman–Crippen LogP) is 5.62. The third-order valence-electron chi connectivity index (χ3n) is 5.67. The van der Waals surface area contributed by atoms with Crippen molar-refractivity contribution in [3.05, 3.63) is 57.7 Å². The Labute approximate surface area is 152 Å². The number of fused-ring (bicyclic) bond motifs is 1. The molecule has 1 aliphatic rings. The smallest absolute Gasteiger partial charge is 0.266 e. The molecule has 1 aromatic heterocycles. The third-order valence-corrected chi connectivity index (χ3v) is 5.67. The minimum Gasteiger partial charge on any atom is -0.353 e. The summed E-state index contributed by atoms with van der Waals surface area (Å²) in [5.74, 6) is -0.477. The number of halogens is 3. The van der Waals surface area contributed by atoms with E-state index in [-0.39, 0.29) is 40.5 Å². The molecule has 0 bridgehead atoms. The van der Waals surface area contributed by atoms with Crippen molar-refractivity contribution in [2.75, 3.05) is 0 Å². The van der Waals surface area contributed by atoms with Crippen molar-refractivity contribution in [2.45, 2.75) is 58.3 Å². The van der Waals surface area contributed by atoms with E-state index < -0.39 is 6.43 Å². The highest BCUT2D eigenvalue weighted by Crippen LogP contribution is 2.48. The van der Waals surface area contributed by atoms with Gasteiger partial charge in [0.2, 0.25) is 0 Å². The zero-order valence-corrected chi connectivity index (χ0v) is 15.8. The molecule has 0 amide bonds. The van der Waals surface area contributed by atoms with Gasteiger partial charge in [-0.1, -0.05) is 26.8 Å². The number of benzene rings is 1. The van der Waals surface area contributed by atoms with Crippen molar-refractivity contribution in [3.8, 4) is 0 Å². The van der Waals surface area contributed by atoms with E-state index in [1.165, 1.54) is 12.3 Å². The fourth-order valence-electron chi connectivity index (χ4n) is 4.52. The van der Waals surface area contributed by atoms with Crippen molar-refractivity contribution in [3.63, 3.8) is 0 Å². The predicted molar refractivity (Wildman–Crippen MR) is 95.6 cm³/mol. The van der Waals surface area contributed by atoms with Crippen LogP contribution in [0.1, 0.15) is 77.8 Å². The van der Waals surface area contributed by atoms with Crippen molar-refractivity contribution < 1.29 is 18.0 Å². The molecule has 3 rings (SSSR count). The summed E-state index contributed by atoms with van der Waals surface area (Å²) >= 11 is 0. The molecule has 0 saturated heterocycles. The van der Waals surface area contributed by atoms with E-state index in [9.17, 15) is 18.0 Å². The molecule has 1 atom stereocenters. The molecule has 0 N–H and O–H groups in total. The molecule has 1 heterocycles. The quantitative estimate of drug-likeness (QED) is 0.646. The summed E-state index contributed by atoms with van der Waals surface area (Å²) in [6.45, 7) is 7.61. The summed E-state index contributed by atoms with van der Waals surface area (Å²) in [4.78, 5) is 12.8. The number of carbonyl (C=O) groups is 1. The molecule has 0 fully saturated rings. The average Bonchev–Trinajstić information content (AvgIpc) is 2.96. The van der Waals surface area contributed by atoms with Crippen molar-refractivity contribution >= 4 is 5.78 Å². The maximum absolute atomic E-state index is 14.4. The highest BCUT2D eigenvalue weighted by atomic mass is 19.3. The lowest BCUT2D eigenvalue weighted by Crippen LogP contribution is -2.15. The number of hydrogen-bond donors (Lipinski definition) is 0. The molecule has 0 saturated carbocycles. The average molecular weight is 363 g/mol. The second-order valence-corrected chi connectivity index (χ2v) is 8.04. The van der Waals surface area contributed by atoms with Crippen molar-refractivity contribution in [2.24, 2.45) is 7.05 Å². The fourth-order valence-corrected chi connectivity index (χ4v) is 4.52. The molecule has 1 unspecified atom stereocenters. The molecular formula is C21H24F3NO. The Morgan fingerprint density at radius 1 is 1.35 bits per heavy atom. The summed E-state index contributed by atoms with van der Waals surface area (Å²) in [7, 11) is 1.65. The van der Waals surface area contributed by atoms with E-state index in [1.54, 1.807) is 24.6 Å². The molecule has 0 spiro atoms. The van der Waals surface area contributed by atoms with Crippen LogP contribution in [-0.2, 0) is 18.9 Å². The number of alkyl halides is 2. The van der Waals surface area contributed by atoms with Gasteiger partial charge < -0.3 is 4.57 Å².